The van der Waals surface area contributed by atoms with Crippen LogP contribution in [0.25, 0.3) is 32.3 Å². The van der Waals surface area contributed by atoms with Gasteiger partial charge in [-0.1, -0.05) is 170 Å². The Bertz CT molecular complexity index is 3890. The van der Waals surface area contributed by atoms with E-state index >= 15 is 0 Å². The normalized spacial score (nSPS) is 11.2. The van der Waals surface area contributed by atoms with E-state index in [-0.39, 0.29) is 19.8 Å². The van der Waals surface area contributed by atoms with Crippen LogP contribution in [0.1, 0.15) is 38.9 Å². The van der Waals surface area contributed by atoms with Crippen molar-refractivity contribution < 1.29 is 33.5 Å². The summed E-state index contributed by atoms with van der Waals surface area (Å²) in [6, 6.07) is 86.4. The summed E-state index contributed by atoms with van der Waals surface area (Å²) in [7, 11) is 0. The second-order valence-electron chi connectivity index (χ2n) is 19.6. The third-order valence-corrected chi connectivity index (χ3v) is 13.9. The first-order valence-corrected chi connectivity index (χ1v) is 26.6. The highest BCUT2D eigenvalue weighted by Gasteiger charge is 2.19. The molecule has 0 aromatic heterocycles. The fraction of sp³-hybridized carbons (Fsp3) is 0.0986. The second-order valence-corrected chi connectivity index (χ2v) is 19.6. The van der Waals surface area contributed by atoms with Gasteiger partial charge in [-0.15, -0.1) is 0 Å². The smallest absolute Gasteiger partial charge is 0.123 e. The highest BCUT2D eigenvalue weighted by Crippen LogP contribution is 2.44. The number of aliphatic hydroxyl groups is 1. The molecule has 1 N–H and O–H groups in total. The van der Waals surface area contributed by atoms with Gasteiger partial charge in [-0.05, 0) is 133 Å². The molecule has 0 radical (unpaired) electrons. The van der Waals surface area contributed by atoms with Gasteiger partial charge in [0.1, 0.15) is 74.1 Å². The molecule has 0 aliphatic carbocycles. The Morgan fingerprint density at radius 1 is 0.266 bits per heavy atom. The lowest BCUT2D eigenvalue weighted by molar-refractivity contribution is 0.267. The molecule has 0 aliphatic heterocycles. The zero-order valence-corrected chi connectivity index (χ0v) is 43.5. The average Bonchev–Trinajstić information content (AvgIpc) is 3.58. The number of hydrogen-bond acceptors (Lipinski definition) is 8. The second kappa shape index (κ2) is 23.6. The number of nitrogens with zero attached hydrogens (tertiary/aromatic N) is 1. The molecule has 0 heterocycles. The highest BCUT2D eigenvalue weighted by atomic mass is 16.5. The van der Waals surface area contributed by atoms with E-state index in [0.717, 1.165) is 50.4 Å². The molecule has 12 aromatic carbocycles. The predicted octanol–water partition coefficient (Wildman–Crippen LogP) is 17.0. The van der Waals surface area contributed by atoms with Crippen molar-refractivity contribution in [2.75, 3.05) is 4.90 Å². The molecule has 8 nitrogen and oxygen atoms in total. The van der Waals surface area contributed by atoms with Crippen molar-refractivity contribution in [3.8, 4) is 34.5 Å². The number of anilines is 3. The van der Waals surface area contributed by atoms with Gasteiger partial charge in [0, 0.05) is 35.0 Å². The molecule has 0 saturated carbocycles. The molecule has 0 amide bonds. The Kier molecular flexibility index (Phi) is 15.0. The molecule has 0 atom stereocenters. The van der Waals surface area contributed by atoms with Gasteiger partial charge in [0.15, 0.2) is 0 Å². The van der Waals surface area contributed by atoms with E-state index in [9.17, 15) is 5.11 Å². The van der Waals surface area contributed by atoms with Gasteiger partial charge in [0.2, 0.25) is 0 Å². The van der Waals surface area contributed by atoms with E-state index in [1.165, 1.54) is 32.3 Å². The maximum Gasteiger partial charge on any atom is 0.123 e. The SMILES string of the molecule is OCc1cc(OCc2cc(OCc3ccccc3)cc(OCc3ccccc3)c2)cc(OCc2cc(OCc3ccccc3)cc(OCc3cccc(N(c4ccccc4)c4ccc5ccc6cccc7ccc4c5c67)c3)c2)c1. The summed E-state index contributed by atoms with van der Waals surface area (Å²) in [5.74, 6) is 3.69. The largest absolute Gasteiger partial charge is 0.489 e. The Hall–Kier alpha value is -9.76. The van der Waals surface area contributed by atoms with Gasteiger partial charge in [0.25, 0.3) is 0 Å². The van der Waals surface area contributed by atoms with Crippen molar-refractivity contribution in [1.29, 1.82) is 0 Å². The van der Waals surface area contributed by atoms with Crippen LogP contribution < -0.4 is 33.3 Å². The summed E-state index contributed by atoms with van der Waals surface area (Å²) in [6.45, 7) is 1.71. The fourth-order valence-corrected chi connectivity index (χ4v) is 10.1. The Morgan fingerprint density at radius 2 is 0.620 bits per heavy atom. The number of hydrogen-bond donors (Lipinski definition) is 1. The van der Waals surface area contributed by atoms with E-state index in [0.29, 0.717) is 66.5 Å². The van der Waals surface area contributed by atoms with Gasteiger partial charge in [-0.3, -0.25) is 0 Å². The van der Waals surface area contributed by atoms with Crippen molar-refractivity contribution in [3.63, 3.8) is 0 Å². The minimum Gasteiger partial charge on any atom is -0.489 e. The Labute approximate surface area is 460 Å². The lowest BCUT2D eigenvalue weighted by Gasteiger charge is -2.28. The van der Waals surface area contributed by atoms with Crippen LogP contribution in [-0.4, -0.2) is 5.11 Å². The minimum absolute atomic E-state index is 0.191. The maximum atomic E-state index is 10.4. The van der Waals surface area contributed by atoms with Crippen LogP contribution in [0.2, 0.25) is 0 Å². The van der Waals surface area contributed by atoms with E-state index in [1.54, 1.807) is 0 Å². The topological polar surface area (TPSA) is 78.9 Å². The van der Waals surface area contributed by atoms with Crippen molar-refractivity contribution in [2.45, 2.75) is 46.2 Å². The Morgan fingerprint density at radius 3 is 1.09 bits per heavy atom. The summed E-state index contributed by atoms with van der Waals surface area (Å²) in [4.78, 5) is 2.34. The molecule has 0 saturated heterocycles. The van der Waals surface area contributed by atoms with Gasteiger partial charge in [0.05, 0.1) is 12.3 Å². The number of aliphatic hydroxyl groups excluding tert-OH is 1. The quantitative estimate of drug-likeness (QED) is 0.0673. The van der Waals surface area contributed by atoms with E-state index < -0.39 is 0 Å². The molecule has 12 aromatic rings. The zero-order valence-electron chi connectivity index (χ0n) is 43.5. The number of ether oxygens (including phenoxy) is 6. The maximum absolute atomic E-state index is 10.4. The van der Waals surface area contributed by atoms with Crippen LogP contribution in [-0.2, 0) is 46.2 Å². The standard InChI is InChI=1S/C71H57NO7/c73-43-54-34-62(78-48-55-36-64(74-44-50-15-5-1-6-16-50)41-65(37-55)75-45-51-17-7-2-8-18-51)40-63(35-54)79-49-56-38-66(76-46-52-19-9-3-10-20-52)42-67(39-56)77-47-53-21-13-26-61(33-53)72(60-24-11-4-12-25-60)69-32-30-59-28-27-57-22-14-23-58-29-31-68(69)71(59)70(57)58/h1-42,73H,43-49H2. The van der Waals surface area contributed by atoms with Gasteiger partial charge < -0.3 is 38.4 Å². The molecule has 0 unspecified atom stereocenters. The first kappa shape index (κ1) is 50.1. The summed E-state index contributed by atoms with van der Waals surface area (Å²) in [5.41, 5.74) is 9.68. The molecule has 8 heteroatoms. The molecule has 0 spiro atoms. The lowest BCUT2D eigenvalue weighted by Crippen LogP contribution is -2.11. The van der Waals surface area contributed by atoms with Crippen LogP contribution in [0, 0.1) is 0 Å². The molecule has 12 rings (SSSR count). The monoisotopic (exact) mass is 1040 g/mol. The lowest BCUT2D eigenvalue weighted by atomic mass is 9.93. The van der Waals surface area contributed by atoms with Crippen LogP contribution in [0.5, 0.6) is 34.5 Å². The number of rotatable bonds is 22. The third kappa shape index (κ3) is 12.1. The van der Waals surface area contributed by atoms with E-state index in [4.69, 9.17) is 28.4 Å². The first-order valence-electron chi connectivity index (χ1n) is 26.6. The summed E-state index contributed by atoms with van der Waals surface area (Å²) >= 11 is 0. The summed E-state index contributed by atoms with van der Waals surface area (Å²) < 4.78 is 38.5. The fourth-order valence-electron chi connectivity index (χ4n) is 10.1. The van der Waals surface area contributed by atoms with Crippen LogP contribution in [0.3, 0.4) is 0 Å². The van der Waals surface area contributed by atoms with Crippen LogP contribution in [0.4, 0.5) is 17.1 Å². The van der Waals surface area contributed by atoms with Crippen molar-refractivity contribution >= 4 is 49.4 Å². The molecule has 0 fully saturated rings. The molecule has 0 bridgehead atoms. The molecule has 79 heavy (non-hydrogen) atoms. The Balaban J connectivity index is 0.780. The van der Waals surface area contributed by atoms with Gasteiger partial charge in [-0.25, -0.2) is 0 Å². The zero-order chi connectivity index (χ0) is 53.2. The number of benzene rings is 12. The first-order chi connectivity index (χ1) is 39.0. The van der Waals surface area contributed by atoms with Gasteiger partial charge >= 0.3 is 0 Å². The predicted molar refractivity (Wildman–Crippen MR) is 315 cm³/mol. The van der Waals surface area contributed by atoms with Crippen molar-refractivity contribution in [2.24, 2.45) is 0 Å². The molecular weight excluding hydrogens is 979 g/mol. The van der Waals surface area contributed by atoms with E-state index in [1.807, 2.05) is 146 Å². The highest BCUT2D eigenvalue weighted by molar-refractivity contribution is 6.25. The van der Waals surface area contributed by atoms with Crippen molar-refractivity contribution in [3.05, 3.63) is 294 Å². The number of para-hydroxylation sites is 1. The van der Waals surface area contributed by atoms with E-state index in [2.05, 4.69) is 114 Å². The van der Waals surface area contributed by atoms with Crippen LogP contribution >= 0.6 is 0 Å². The minimum atomic E-state index is -0.197. The third-order valence-electron chi connectivity index (χ3n) is 13.9. The summed E-state index contributed by atoms with van der Waals surface area (Å²) in [6.07, 6.45) is 0. The van der Waals surface area contributed by atoms with Crippen molar-refractivity contribution in [1.82, 2.24) is 0 Å². The summed E-state index contributed by atoms with van der Waals surface area (Å²) in [5, 5.41) is 17.8. The molecular formula is C71H57NO7. The van der Waals surface area contributed by atoms with Gasteiger partial charge in [-0.2, -0.15) is 0 Å². The molecule has 0 aliphatic rings. The van der Waals surface area contributed by atoms with Crippen LogP contribution in [0.15, 0.2) is 255 Å². The average molecular weight is 1040 g/mol. The molecule has 388 valence electrons.